The molecule has 4 aromatic rings. The molecule has 0 atom stereocenters. The summed E-state index contributed by atoms with van der Waals surface area (Å²) in [5, 5.41) is 6.16. The second-order valence-electron chi connectivity index (χ2n) is 5.92. The molecular weight excluding hydrogens is 368 g/mol. The number of hydrogen-bond acceptors (Lipinski definition) is 6. The minimum Gasteiger partial charge on any atom is -0.352 e. The summed E-state index contributed by atoms with van der Waals surface area (Å²) in [6.45, 7) is 0.545. The van der Waals surface area contributed by atoms with Crippen LogP contribution in [0.4, 0.5) is 5.95 Å². The summed E-state index contributed by atoms with van der Waals surface area (Å²) in [6, 6.07) is 12.8. The van der Waals surface area contributed by atoms with E-state index in [1.165, 1.54) is 6.26 Å². The van der Waals surface area contributed by atoms with E-state index in [9.17, 15) is 8.42 Å². The number of hydrogen-bond donors (Lipinski definition) is 2. The summed E-state index contributed by atoms with van der Waals surface area (Å²) in [7, 11) is -3.17. The molecule has 8 heteroatoms. The lowest BCUT2D eigenvalue weighted by Gasteiger charge is -2.04. The van der Waals surface area contributed by atoms with Crippen LogP contribution >= 0.6 is 11.3 Å². The van der Waals surface area contributed by atoms with E-state index < -0.39 is 9.84 Å². The van der Waals surface area contributed by atoms with Gasteiger partial charge in [-0.15, -0.1) is 11.3 Å². The van der Waals surface area contributed by atoms with Crippen molar-refractivity contribution in [3.63, 3.8) is 0 Å². The van der Waals surface area contributed by atoms with Gasteiger partial charge in [0.1, 0.15) is 5.01 Å². The van der Waals surface area contributed by atoms with Crippen molar-refractivity contribution >= 4 is 38.2 Å². The van der Waals surface area contributed by atoms with Gasteiger partial charge in [0.05, 0.1) is 15.9 Å². The van der Waals surface area contributed by atoms with Crippen LogP contribution in [-0.4, -0.2) is 29.6 Å². The number of imidazole rings is 1. The fourth-order valence-corrected chi connectivity index (χ4v) is 3.90. The van der Waals surface area contributed by atoms with Crippen molar-refractivity contribution in [3.8, 4) is 10.6 Å². The number of sulfone groups is 1. The number of nitrogens with one attached hydrogen (secondary N) is 2. The van der Waals surface area contributed by atoms with Gasteiger partial charge in [0, 0.05) is 29.9 Å². The van der Waals surface area contributed by atoms with Crippen molar-refractivity contribution in [1.29, 1.82) is 0 Å². The van der Waals surface area contributed by atoms with Gasteiger partial charge in [-0.25, -0.2) is 18.4 Å². The van der Waals surface area contributed by atoms with Crippen molar-refractivity contribution in [3.05, 3.63) is 59.6 Å². The third-order valence-corrected chi connectivity index (χ3v) is 5.92. The number of H-pyrrole nitrogens is 1. The van der Waals surface area contributed by atoms with Gasteiger partial charge in [0.25, 0.3) is 0 Å². The first-order valence-corrected chi connectivity index (χ1v) is 10.7. The lowest BCUT2D eigenvalue weighted by Crippen LogP contribution is -2.02. The van der Waals surface area contributed by atoms with Gasteiger partial charge in [-0.2, -0.15) is 0 Å². The zero-order chi connectivity index (χ0) is 18.1. The van der Waals surface area contributed by atoms with Gasteiger partial charge in [-0.1, -0.05) is 12.1 Å². The molecule has 0 aliphatic heterocycles. The smallest absolute Gasteiger partial charge is 0.201 e. The number of benzene rings is 2. The normalized spacial score (nSPS) is 11.7. The van der Waals surface area contributed by atoms with Crippen molar-refractivity contribution in [2.45, 2.75) is 11.4 Å². The Kier molecular flexibility index (Phi) is 4.21. The number of fused-ring (bicyclic) bond motifs is 1. The quantitative estimate of drug-likeness (QED) is 0.548. The predicted octanol–water partition coefficient (Wildman–Crippen LogP) is 3.70. The number of nitrogens with zero attached hydrogens (tertiary/aromatic N) is 2. The maximum atomic E-state index is 11.5. The van der Waals surface area contributed by atoms with Crippen molar-refractivity contribution in [2.75, 3.05) is 11.6 Å². The van der Waals surface area contributed by atoms with Crippen LogP contribution in [0.3, 0.4) is 0 Å². The molecular formula is C18H16N4O2S2. The lowest BCUT2D eigenvalue weighted by molar-refractivity contribution is 0.602. The molecule has 0 aliphatic rings. The van der Waals surface area contributed by atoms with E-state index in [2.05, 4.69) is 20.3 Å². The second kappa shape index (κ2) is 6.54. The number of aromatic nitrogens is 3. The molecule has 132 valence electrons. The van der Waals surface area contributed by atoms with Gasteiger partial charge in [0.2, 0.25) is 5.95 Å². The number of aromatic amines is 1. The van der Waals surface area contributed by atoms with Gasteiger partial charge < -0.3 is 10.3 Å². The van der Waals surface area contributed by atoms with Crippen LogP contribution in [0.2, 0.25) is 0 Å². The first-order valence-electron chi connectivity index (χ1n) is 7.91. The molecule has 0 radical (unpaired) electrons. The Hall–Kier alpha value is -2.71. The van der Waals surface area contributed by atoms with Gasteiger partial charge in [0.15, 0.2) is 9.84 Å². The standard InChI is InChI=1S/C18H16N4O2S2/c1-26(23,24)14-5-2-12(3-6-14)11-20-18-21-15-7-4-13(10-16(15)22-18)17-19-8-9-25-17/h2-10H,11H2,1H3,(H2,20,21,22). The molecule has 0 bridgehead atoms. The lowest BCUT2D eigenvalue weighted by atomic mass is 10.2. The van der Waals surface area contributed by atoms with Crippen molar-refractivity contribution in [1.82, 2.24) is 15.0 Å². The molecule has 2 N–H and O–H groups in total. The van der Waals surface area contributed by atoms with E-state index >= 15 is 0 Å². The van der Waals surface area contributed by atoms with E-state index in [4.69, 9.17) is 0 Å². The summed E-state index contributed by atoms with van der Waals surface area (Å²) in [5.41, 5.74) is 3.84. The number of rotatable bonds is 5. The summed E-state index contributed by atoms with van der Waals surface area (Å²) < 4.78 is 23.0. The van der Waals surface area contributed by atoms with E-state index in [1.807, 2.05) is 23.6 Å². The van der Waals surface area contributed by atoms with E-state index in [-0.39, 0.29) is 0 Å². The molecule has 0 saturated carbocycles. The highest BCUT2D eigenvalue weighted by molar-refractivity contribution is 7.90. The molecule has 0 spiro atoms. The SMILES string of the molecule is CS(=O)(=O)c1ccc(CNc2nc3ccc(-c4nccs4)cc3[nH]2)cc1. The summed E-state index contributed by atoms with van der Waals surface area (Å²) >= 11 is 1.60. The van der Waals surface area contributed by atoms with Crippen LogP contribution in [-0.2, 0) is 16.4 Å². The molecule has 6 nitrogen and oxygen atoms in total. The summed E-state index contributed by atoms with van der Waals surface area (Å²) in [6.07, 6.45) is 2.99. The third-order valence-electron chi connectivity index (χ3n) is 3.97. The highest BCUT2D eigenvalue weighted by Crippen LogP contribution is 2.25. The largest absolute Gasteiger partial charge is 0.352 e. The first-order chi connectivity index (χ1) is 12.5. The van der Waals surface area contributed by atoms with Gasteiger partial charge in [-0.3, -0.25) is 0 Å². The molecule has 26 heavy (non-hydrogen) atoms. The molecule has 0 unspecified atom stereocenters. The molecule has 0 saturated heterocycles. The Labute approximate surface area is 154 Å². The minimum absolute atomic E-state index is 0.319. The molecule has 2 aromatic heterocycles. The third kappa shape index (κ3) is 3.47. The summed E-state index contributed by atoms with van der Waals surface area (Å²) in [4.78, 5) is 12.4. The van der Waals surface area contributed by atoms with Crippen LogP contribution in [0.5, 0.6) is 0 Å². The zero-order valence-electron chi connectivity index (χ0n) is 13.9. The van der Waals surface area contributed by atoms with Crippen LogP contribution < -0.4 is 5.32 Å². The van der Waals surface area contributed by atoms with E-state index in [0.717, 1.165) is 27.2 Å². The molecule has 2 heterocycles. The maximum Gasteiger partial charge on any atom is 0.201 e. The van der Waals surface area contributed by atoms with Crippen LogP contribution in [0.15, 0.2) is 58.9 Å². The molecule has 0 amide bonds. The Bertz CT molecular complexity index is 1150. The number of thiazole rings is 1. The molecule has 0 aliphatic carbocycles. The van der Waals surface area contributed by atoms with Gasteiger partial charge >= 0.3 is 0 Å². The zero-order valence-corrected chi connectivity index (χ0v) is 15.6. The average molecular weight is 384 g/mol. The highest BCUT2D eigenvalue weighted by Gasteiger charge is 2.08. The number of anilines is 1. The average Bonchev–Trinajstić information content (AvgIpc) is 3.28. The van der Waals surface area contributed by atoms with E-state index in [0.29, 0.717) is 17.4 Å². The molecule has 0 fully saturated rings. The maximum absolute atomic E-state index is 11.5. The van der Waals surface area contributed by atoms with Crippen LogP contribution in [0.1, 0.15) is 5.56 Å². The molecule has 2 aromatic carbocycles. The van der Waals surface area contributed by atoms with Crippen molar-refractivity contribution < 1.29 is 8.42 Å². The molecule has 4 rings (SSSR count). The Morgan fingerprint density at radius 2 is 1.96 bits per heavy atom. The summed E-state index contributed by atoms with van der Waals surface area (Å²) in [5.74, 6) is 0.670. The van der Waals surface area contributed by atoms with Gasteiger partial charge in [-0.05, 0) is 35.9 Å². The fraction of sp³-hybridized carbons (Fsp3) is 0.111. The second-order valence-corrected chi connectivity index (χ2v) is 8.83. The van der Waals surface area contributed by atoms with E-state index in [1.54, 1.807) is 41.8 Å². The van der Waals surface area contributed by atoms with Crippen molar-refractivity contribution in [2.24, 2.45) is 0 Å². The predicted molar refractivity (Wildman–Crippen MR) is 104 cm³/mol. The Balaban J connectivity index is 1.51. The Morgan fingerprint density at radius 3 is 2.65 bits per heavy atom. The van der Waals surface area contributed by atoms with Crippen LogP contribution in [0, 0.1) is 0 Å². The first kappa shape index (κ1) is 16.7. The minimum atomic E-state index is -3.17. The fourth-order valence-electron chi connectivity index (χ4n) is 2.63. The Morgan fingerprint density at radius 1 is 1.15 bits per heavy atom. The monoisotopic (exact) mass is 384 g/mol. The highest BCUT2D eigenvalue weighted by atomic mass is 32.2. The topological polar surface area (TPSA) is 87.7 Å². The van der Waals surface area contributed by atoms with Crippen LogP contribution in [0.25, 0.3) is 21.6 Å².